The van der Waals surface area contributed by atoms with E-state index in [1.54, 1.807) is 17.0 Å². The summed E-state index contributed by atoms with van der Waals surface area (Å²) < 4.78 is 25.5. The highest BCUT2D eigenvalue weighted by Gasteiger charge is 2.26. The Morgan fingerprint density at radius 3 is 2.70 bits per heavy atom. The fourth-order valence-corrected chi connectivity index (χ4v) is 5.40. The summed E-state index contributed by atoms with van der Waals surface area (Å²) in [4.78, 5) is 14.8. The number of sulfone groups is 1. The lowest BCUT2D eigenvalue weighted by Gasteiger charge is -2.30. The number of aryl methyl sites for hydroxylation is 2. The maximum Gasteiger partial charge on any atom is 0.228 e. The number of nitrogens with two attached hydrogens (primary N) is 1. The molecule has 0 saturated heterocycles. The molecule has 0 saturated carbocycles. The summed E-state index contributed by atoms with van der Waals surface area (Å²) in [7, 11) is -3.47. The topological polar surface area (TPSA) is 80.5 Å². The van der Waals surface area contributed by atoms with Gasteiger partial charge >= 0.3 is 0 Å². The van der Waals surface area contributed by atoms with Crippen molar-refractivity contribution in [2.75, 3.05) is 22.9 Å². The molecule has 6 heteroatoms. The Morgan fingerprint density at radius 2 is 1.85 bits per heavy atom. The maximum atomic E-state index is 12.8. The molecule has 2 N–H and O–H groups in total. The van der Waals surface area contributed by atoms with Gasteiger partial charge in [0.25, 0.3) is 0 Å². The van der Waals surface area contributed by atoms with Crippen molar-refractivity contribution < 1.29 is 13.2 Å². The Labute approximate surface area is 160 Å². The summed E-state index contributed by atoms with van der Waals surface area (Å²) >= 11 is 0. The molecular weight excluding hydrogens is 360 g/mol. The largest absolute Gasteiger partial charge is 0.398 e. The Kier molecular flexibility index (Phi) is 4.68. The van der Waals surface area contributed by atoms with Crippen LogP contribution < -0.4 is 10.6 Å². The summed E-state index contributed by atoms with van der Waals surface area (Å²) in [6.45, 7) is 0.605. The third kappa shape index (κ3) is 3.46. The number of carbonyl (C=O) groups excluding carboxylic acids is 1. The fraction of sp³-hybridized carbons (Fsp3) is 0.381. The number of anilines is 2. The average Bonchev–Trinajstić information content (AvgIpc) is 3.14. The molecule has 0 unspecified atom stereocenters. The minimum atomic E-state index is -3.47. The van der Waals surface area contributed by atoms with E-state index in [9.17, 15) is 13.2 Å². The first-order chi connectivity index (χ1) is 13.0. The molecular formula is C21H24N2O3S. The SMILES string of the molecule is Nc1cccc2c1CCCN2C(=O)CCS(=O)(=O)c1ccc2c(c1)CCC2. The minimum Gasteiger partial charge on any atom is -0.398 e. The molecule has 0 atom stereocenters. The molecule has 2 aromatic carbocycles. The Bertz CT molecular complexity index is 998. The van der Waals surface area contributed by atoms with E-state index in [0.717, 1.165) is 48.9 Å². The van der Waals surface area contributed by atoms with Crippen molar-refractivity contribution in [2.45, 2.75) is 43.4 Å². The molecule has 2 aliphatic rings. The van der Waals surface area contributed by atoms with Gasteiger partial charge in [-0.1, -0.05) is 12.1 Å². The second kappa shape index (κ2) is 7.00. The molecule has 0 aromatic heterocycles. The summed E-state index contributed by atoms with van der Waals surface area (Å²) in [6, 6.07) is 10.9. The van der Waals surface area contributed by atoms with Crippen LogP contribution >= 0.6 is 0 Å². The van der Waals surface area contributed by atoms with Crippen molar-refractivity contribution in [1.82, 2.24) is 0 Å². The summed E-state index contributed by atoms with van der Waals surface area (Å²) in [6.07, 6.45) is 4.70. The zero-order valence-corrected chi connectivity index (χ0v) is 16.1. The number of hydrogen-bond donors (Lipinski definition) is 1. The molecule has 1 heterocycles. The molecule has 0 bridgehead atoms. The molecule has 1 amide bonds. The summed E-state index contributed by atoms with van der Waals surface area (Å²) in [5.41, 5.74) is 10.9. The molecule has 1 aliphatic carbocycles. The van der Waals surface area contributed by atoms with Crippen molar-refractivity contribution in [3.05, 3.63) is 53.1 Å². The smallest absolute Gasteiger partial charge is 0.228 e. The first-order valence-corrected chi connectivity index (χ1v) is 11.1. The van der Waals surface area contributed by atoms with Gasteiger partial charge in [-0.3, -0.25) is 4.79 Å². The van der Waals surface area contributed by atoms with E-state index in [1.807, 2.05) is 24.3 Å². The highest BCUT2D eigenvalue weighted by molar-refractivity contribution is 7.91. The highest BCUT2D eigenvalue weighted by atomic mass is 32.2. The van der Waals surface area contributed by atoms with Crippen LogP contribution in [0.1, 0.15) is 36.0 Å². The van der Waals surface area contributed by atoms with Gasteiger partial charge in [0.15, 0.2) is 9.84 Å². The van der Waals surface area contributed by atoms with Gasteiger partial charge < -0.3 is 10.6 Å². The van der Waals surface area contributed by atoms with E-state index >= 15 is 0 Å². The predicted molar refractivity (Wildman–Crippen MR) is 107 cm³/mol. The fourth-order valence-electron chi connectivity index (χ4n) is 4.13. The van der Waals surface area contributed by atoms with Gasteiger partial charge in [-0.05, 0) is 73.1 Å². The number of carbonyl (C=O) groups is 1. The highest BCUT2D eigenvalue weighted by Crippen LogP contribution is 2.32. The van der Waals surface area contributed by atoms with Crippen molar-refractivity contribution in [3.63, 3.8) is 0 Å². The second-order valence-corrected chi connectivity index (χ2v) is 9.46. The van der Waals surface area contributed by atoms with Gasteiger partial charge in [0.05, 0.1) is 10.6 Å². The first kappa shape index (κ1) is 18.0. The molecule has 1 aliphatic heterocycles. The lowest BCUT2D eigenvalue weighted by molar-refractivity contribution is -0.118. The van der Waals surface area contributed by atoms with E-state index in [0.29, 0.717) is 17.1 Å². The maximum absolute atomic E-state index is 12.8. The molecule has 0 spiro atoms. The van der Waals surface area contributed by atoms with Crippen LogP contribution in [0, 0.1) is 0 Å². The Morgan fingerprint density at radius 1 is 1.04 bits per heavy atom. The number of rotatable bonds is 4. The summed E-state index contributed by atoms with van der Waals surface area (Å²) in [5, 5.41) is 0. The van der Waals surface area contributed by atoms with Gasteiger partial charge in [0.2, 0.25) is 5.91 Å². The van der Waals surface area contributed by atoms with Crippen LogP contribution in [-0.4, -0.2) is 26.6 Å². The van der Waals surface area contributed by atoms with E-state index in [4.69, 9.17) is 5.73 Å². The third-order valence-corrected chi connectivity index (χ3v) is 7.32. The predicted octanol–water partition coefficient (Wildman–Crippen LogP) is 2.90. The zero-order valence-electron chi connectivity index (χ0n) is 15.3. The number of amides is 1. The minimum absolute atomic E-state index is 0.0202. The first-order valence-electron chi connectivity index (χ1n) is 9.48. The number of fused-ring (bicyclic) bond motifs is 2. The van der Waals surface area contributed by atoms with Crippen LogP contribution in [0.3, 0.4) is 0 Å². The van der Waals surface area contributed by atoms with Crippen molar-refractivity contribution >= 4 is 27.1 Å². The third-order valence-electron chi connectivity index (χ3n) is 5.60. The quantitative estimate of drug-likeness (QED) is 0.822. The molecule has 27 heavy (non-hydrogen) atoms. The van der Waals surface area contributed by atoms with Gasteiger partial charge in [-0.25, -0.2) is 8.42 Å². The van der Waals surface area contributed by atoms with Crippen LogP contribution in [0.4, 0.5) is 11.4 Å². The van der Waals surface area contributed by atoms with Gasteiger partial charge in [0.1, 0.15) is 0 Å². The molecule has 0 fully saturated rings. The standard InChI is InChI=1S/C21H24N2O3S/c22-19-7-2-8-20-18(19)6-3-12-23(20)21(24)11-13-27(25,26)17-10-9-15-4-1-5-16(15)14-17/h2,7-10,14H,1,3-6,11-13,22H2. The molecule has 142 valence electrons. The van der Waals surface area contributed by atoms with Crippen LogP contribution in [0.15, 0.2) is 41.3 Å². The van der Waals surface area contributed by atoms with Crippen LogP contribution in [0.5, 0.6) is 0 Å². The monoisotopic (exact) mass is 384 g/mol. The zero-order chi connectivity index (χ0) is 19.0. The second-order valence-electron chi connectivity index (χ2n) is 7.35. The molecule has 0 radical (unpaired) electrons. The molecule has 4 rings (SSSR count). The number of hydrogen-bond acceptors (Lipinski definition) is 4. The van der Waals surface area contributed by atoms with Gasteiger partial charge in [-0.2, -0.15) is 0 Å². The Balaban J connectivity index is 1.49. The molecule has 2 aromatic rings. The number of nitrogen functional groups attached to an aromatic ring is 1. The van der Waals surface area contributed by atoms with Gasteiger partial charge in [-0.15, -0.1) is 0 Å². The Hall–Kier alpha value is -2.34. The summed E-state index contributed by atoms with van der Waals surface area (Å²) in [5.74, 6) is -0.329. The van der Waals surface area contributed by atoms with Crippen LogP contribution in [0.2, 0.25) is 0 Å². The normalized spacial score (nSPS) is 16.1. The van der Waals surface area contributed by atoms with Crippen molar-refractivity contribution in [2.24, 2.45) is 0 Å². The van der Waals surface area contributed by atoms with Gasteiger partial charge in [0, 0.05) is 24.3 Å². The number of nitrogens with zero attached hydrogens (tertiary/aromatic N) is 1. The van der Waals surface area contributed by atoms with E-state index in [1.165, 1.54) is 5.56 Å². The van der Waals surface area contributed by atoms with E-state index < -0.39 is 9.84 Å². The molecule has 5 nitrogen and oxygen atoms in total. The lowest BCUT2D eigenvalue weighted by atomic mass is 9.99. The van der Waals surface area contributed by atoms with Crippen LogP contribution in [0.25, 0.3) is 0 Å². The van der Waals surface area contributed by atoms with Crippen molar-refractivity contribution in [3.8, 4) is 0 Å². The van der Waals surface area contributed by atoms with Crippen molar-refractivity contribution in [1.29, 1.82) is 0 Å². The van der Waals surface area contributed by atoms with E-state index in [-0.39, 0.29) is 18.1 Å². The van der Waals surface area contributed by atoms with Crippen LogP contribution in [-0.2, 0) is 33.9 Å². The average molecular weight is 385 g/mol. The number of benzene rings is 2. The lowest BCUT2D eigenvalue weighted by Crippen LogP contribution is -2.36. The van der Waals surface area contributed by atoms with E-state index in [2.05, 4.69) is 0 Å².